The molecule has 0 N–H and O–H groups in total. The van der Waals surface area contributed by atoms with Gasteiger partial charge in [-0.1, -0.05) is 12.1 Å². The molecular weight excluding hydrogens is 348 g/mol. The van der Waals surface area contributed by atoms with E-state index in [0.29, 0.717) is 0 Å². The van der Waals surface area contributed by atoms with Crippen molar-refractivity contribution in [1.29, 1.82) is 0 Å². The molecule has 0 radical (unpaired) electrons. The molecular formula is C23H24N4O. The van der Waals surface area contributed by atoms with Crippen LogP contribution in [0.2, 0.25) is 0 Å². The number of rotatable bonds is 4. The van der Waals surface area contributed by atoms with Crippen LogP contribution in [-0.4, -0.2) is 27.9 Å². The molecule has 0 aliphatic carbocycles. The van der Waals surface area contributed by atoms with Crippen LogP contribution in [0.1, 0.15) is 30.4 Å². The van der Waals surface area contributed by atoms with E-state index in [1.54, 1.807) is 17.3 Å². The third-order valence-corrected chi connectivity index (χ3v) is 5.65. The van der Waals surface area contributed by atoms with E-state index in [1.165, 1.54) is 49.2 Å². The molecule has 142 valence electrons. The molecule has 0 saturated carbocycles. The van der Waals surface area contributed by atoms with Gasteiger partial charge in [0.15, 0.2) is 5.82 Å². The second-order valence-electron chi connectivity index (χ2n) is 7.57. The fourth-order valence-electron chi connectivity index (χ4n) is 4.17. The van der Waals surface area contributed by atoms with Crippen LogP contribution in [0.3, 0.4) is 0 Å². The maximum Gasteiger partial charge on any atom is 0.157 e. The molecule has 1 aliphatic rings. The van der Waals surface area contributed by atoms with Crippen molar-refractivity contribution < 1.29 is 4.42 Å². The summed E-state index contributed by atoms with van der Waals surface area (Å²) in [5.74, 6) is 0.866. The Morgan fingerprint density at radius 1 is 1.00 bits per heavy atom. The third kappa shape index (κ3) is 3.17. The van der Waals surface area contributed by atoms with E-state index in [9.17, 15) is 0 Å². The zero-order chi connectivity index (χ0) is 18.9. The van der Waals surface area contributed by atoms with E-state index < -0.39 is 0 Å². The van der Waals surface area contributed by atoms with Crippen molar-refractivity contribution in [3.05, 3.63) is 66.2 Å². The van der Waals surface area contributed by atoms with E-state index in [-0.39, 0.29) is 0 Å². The molecule has 5 rings (SSSR count). The van der Waals surface area contributed by atoms with Crippen molar-refractivity contribution in [3.63, 3.8) is 0 Å². The van der Waals surface area contributed by atoms with Crippen LogP contribution in [0, 0.1) is 0 Å². The zero-order valence-electron chi connectivity index (χ0n) is 16.1. The number of hydrogen-bond donors (Lipinski definition) is 0. The molecule has 28 heavy (non-hydrogen) atoms. The van der Waals surface area contributed by atoms with Crippen LogP contribution in [0.4, 0.5) is 5.69 Å². The lowest BCUT2D eigenvalue weighted by atomic mass is 9.99. The van der Waals surface area contributed by atoms with Crippen LogP contribution in [-0.2, 0) is 13.5 Å². The lowest BCUT2D eigenvalue weighted by Crippen LogP contribution is -2.29. The van der Waals surface area contributed by atoms with Gasteiger partial charge >= 0.3 is 0 Å². The van der Waals surface area contributed by atoms with Crippen molar-refractivity contribution in [1.82, 2.24) is 14.8 Å². The molecule has 0 bridgehead atoms. The topological polar surface area (TPSA) is 47.1 Å². The average molecular weight is 372 g/mol. The van der Waals surface area contributed by atoms with Crippen molar-refractivity contribution in [2.45, 2.75) is 25.7 Å². The van der Waals surface area contributed by atoms with Gasteiger partial charge in [-0.15, -0.1) is 0 Å². The third-order valence-electron chi connectivity index (χ3n) is 5.65. The van der Waals surface area contributed by atoms with Gasteiger partial charge in [-0.25, -0.2) is 9.67 Å². The fourth-order valence-corrected chi connectivity index (χ4v) is 4.17. The Balaban J connectivity index is 1.46. The minimum atomic E-state index is 0.829. The number of benzene rings is 2. The summed E-state index contributed by atoms with van der Waals surface area (Å²) in [6.45, 7) is 2.35. The first-order valence-corrected chi connectivity index (χ1v) is 9.96. The predicted octanol–water partition coefficient (Wildman–Crippen LogP) is 4.81. The zero-order valence-corrected chi connectivity index (χ0v) is 16.1. The highest BCUT2D eigenvalue weighted by atomic mass is 16.3. The van der Waals surface area contributed by atoms with E-state index in [2.05, 4.69) is 51.4 Å². The number of aromatic nitrogens is 3. The van der Waals surface area contributed by atoms with Crippen LogP contribution >= 0.6 is 0 Å². The SMILES string of the molecule is Cn1ncnc1-c1cc(Cc2ccc(N3CCCCC3)cc2)c2occc2c1. The highest BCUT2D eigenvalue weighted by molar-refractivity contribution is 5.85. The van der Waals surface area contributed by atoms with E-state index >= 15 is 0 Å². The summed E-state index contributed by atoms with van der Waals surface area (Å²) >= 11 is 0. The lowest BCUT2D eigenvalue weighted by molar-refractivity contribution is 0.578. The number of piperidine rings is 1. The van der Waals surface area contributed by atoms with Gasteiger partial charge in [-0.2, -0.15) is 5.10 Å². The lowest BCUT2D eigenvalue weighted by Gasteiger charge is -2.28. The number of furan rings is 1. The summed E-state index contributed by atoms with van der Waals surface area (Å²) < 4.78 is 7.60. The predicted molar refractivity (Wildman–Crippen MR) is 112 cm³/mol. The summed E-state index contributed by atoms with van der Waals surface area (Å²) in [5, 5.41) is 5.30. The second kappa shape index (κ2) is 7.15. The van der Waals surface area contributed by atoms with E-state index in [0.717, 1.165) is 28.8 Å². The first-order valence-electron chi connectivity index (χ1n) is 9.96. The van der Waals surface area contributed by atoms with E-state index in [4.69, 9.17) is 4.42 Å². The summed E-state index contributed by atoms with van der Waals surface area (Å²) in [4.78, 5) is 6.90. The molecule has 2 aromatic carbocycles. The largest absolute Gasteiger partial charge is 0.464 e. The monoisotopic (exact) mass is 372 g/mol. The summed E-state index contributed by atoms with van der Waals surface area (Å²) in [7, 11) is 1.92. The molecule has 0 atom stereocenters. The molecule has 3 heterocycles. The van der Waals surface area contributed by atoms with Crippen molar-refractivity contribution >= 4 is 16.7 Å². The fraction of sp³-hybridized carbons (Fsp3) is 0.304. The minimum absolute atomic E-state index is 0.829. The van der Waals surface area contributed by atoms with Crippen LogP contribution in [0.15, 0.2) is 59.5 Å². The molecule has 1 aliphatic heterocycles. The molecule has 5 heteroatoms. The van der Waals surface area contributed by atoms with Crippen LogP contribution < -0.4 is 4.90 Å². The van der Waals surface area contributed by atoms with Gasteiger partial charge in [-0.05, 0) is 55.2 Å². The van der Waals surface area contributed by atoms with Gasteiger partial charge in [0.2, 0.25) is 0 Å². The van der Waals surface area contributed by atoms with Gasteiger partial charge in [0.1, 0.15) is 11.9 Å². The highest BCUT2D eigenvalue weighted by Crippen LogP contribution is 2.29. The smallest absolute Gasteiger partial charge is 0.157 e. The Morgan fingerprint density at radius 2 is 1.82 bits per heavy atom. The highest BCUT2D eigenvalue weighted by Gasteiger charge is 2.14. The quantitative estimate of drug-likeness (QED) is 0.516. The van der Waals surface area contributed by atoms with Crippen LogP contribution in [0.5, 0.6) is 0 Å². The Labute approximate surface area is 164 Å². The number of aryl methyl sites for hydroxylation is 1. The molecule has 4 aromatic rings. The molecule has 0 unspecified atom stereocenters. The number of nitrogens with zero attached hydrogens (tertiary/aromatic N) is 4. The van der Waals surface area contributed by atoms with E-state index in [1.807, 2.05) is 13.1 Å². The summed E-state index contributed by atoms with van der Waals surface area (Å²) in [6, 6.07) is 15.3. The van der Waals surface area contributed by atoms with Crippen molar-refractivity contribution in [2.75, 3.05) is 18.0 Å². The Hall–Kier alpha value is -3.08. The first kappa shape index (κ1) is 17.0. The summed E-state index contributed by atoms with van der Waals surface area (Å²) in [5.41, 5.74) is 5.80. The second-order valence-corrected chi connectivity index (χ2v) is 7.57. The normalized spacial score (nSPS) is 14.7. The Bertz CT molecular complexity index is 1090. The molecule has 1 fully saturated rings. The molecule has 0 spiro atoms. The van der Waals surface area contributed by atoms with Crippen molar-refractivity contribution in [2.24, 2.45) is 7.05 Å². The van der Waals surface area contributed by atoms with Crippen LogP contribution in [0.25, 0.3) is 22.4 Å². The van der Waals surface area contributed by atoms with Gasteiger partial charge < -0.3 is 9.32 Å². The average Bonchev–Trinajstić information content (AvgIpc) is 3.38. The van der Waals surface area contributed by atoms with Gasteiger partial charge in [0.05, 0.1) is 6.26 Å². The Kier molecular flexibility index (Phi) is 4.35. The van der Waals surface area contributed by atoms with Crippen molar-refractivity contribution in [3.8, 4) is 11.4 Å². The van der Waals surface area contributed by atoms with Gasteiger partial charge in [-0.3, -0.25) is 0 Å². The molecule has 0 amide bonds. The first-order chi connectivity index (χ1) is 13.8. The number of anilines is 1. The summed E-state index contributed by atoms with van der Waals surface area (Å²) in [6.07, 6.45) is 8.13. The number of hydrogen-bond acceptors (Lipinski definition) is 4. The molecule has 1 saturated heterocycles. The minimum Gasteiger partial charge on any atom is -0.464 e. The Morgan fingerprint density at radius 3 is 2.57 bits per heavy atom. The molecule has 5 nitrogen and oxygen atoms in total. The number of fused-ring (bicyclic) bond motifs is 1. The van der Waals surface area contributed by atoms with Gasteiger partial charge in [0, 0.05) is 48.8 Å². The van der Waals surface area contributed by atoms with Gasteiger partial charge in [0.25, 0.3) is 0 Å². The maximum absolute atomic E-state index is 5.79. The maximum atomic E-state index is 5.79. The standard InChI is InChI=1S/C23H24N4O/c1-26-23(24-16-25-26)20-14-18-9-12-28-22(18)19(15-20)13-17-5-7-21(8-6-17)27-10-3-2-4-11-27/h5-9,12,14-16H,2-4,10-11,13H2,1H3. The molecule has 2 aromatic heterocycles.